The number of amidine groups is 1. The van der Waals surface area contributed by atoms with E-state index in [1.807, 2.05) is 71.6 Å². The van der Waals surface area contributed by atoms with Crippen molar-refractivity contribution in [1.29, 1.82) is 0 Å². The van der Waals surface area contributed by atoms with Crippen LogP contribution >= 0.6 is 0 Å². The molecule has 0 unspecified atom stereocenters. The number of hydrogen-bond donors (Lipinski definition) is 0. The Balaban J connectivity index is 1.34. The Labute approximate surface area is 194 Å². The van der Waals surface area contributed by atoms with E-state index in [4.69, 9.17) is 14.5 Å². The van der Waals surface area contributed by atoms with Crippen molar-refractivity contribution in [3.8, 4) is 17.2 Å². The molecule has 1 amide bonds. The lowest BCUT2D eigenvalue weighted by Gasteiger charge is -2.25. The van der Waals surface area contributed by atoms with Crippen molar-refractivity contribution in [2.24, 2.45) is 4.99 Å². The van der Waals surface area contributed by atoms with Gasteiger partial charge in [0.2, 0.25) is 5.91 Å². The van der Waals surface area contributed by atoms with Crippen LogP contribution in [0.1, 0.15) is 17.5 Å². The number of carbonyl (C=O) groups is 1. The molecule has 0 aliphatic carbocycles. The van der Waals surface area contributed by atoms with Crippen molar-refractivity contribution in [2.75, 3.05) is 33.3 Å². The van der Waals surface area contributed by atoms with Crippen molar-refractivity contribution in [3.05, 3.63) is 83.9 Å². The molecule has 33 heavy (non-hydrogen) atoms. The Kier molecular flexibility index (Phi) is 5.98. The summed E-state index contributed by atoms with van der Waals surface area (Å²) in [5.74, 6) is 3.41. The second-order valence-electron chi connectivity index (χ2n) is 8.25. The van der Waals surface area contributed by atoms with Crippen LogP contribution in [0.25, 0.3) is 0 Å². The Morgan fingerprint density at radius 3 is 2.48 bits per heavy atom. The van der Waals surface area contributed by atoms with E-state index in [0.29, 0.717) is 13.0 Å². The summed E-state index contributed by atoms with van der Waals surface area (Å²) in [4.78, 5) is 22.3. The van der Waals surface area contributed by atoms with Crippen molar-refractivity contribution >= 4 is 17.4 Å². The third-order valence-corrected chi connectivity index (χ3v) is 6.10. The van der Waals surface area contributed by atoms with Crippen molar-refractivity contribution < 1.29 is 14.3 Å². The Morgan fingerprint density at radius 1 is 0.909 bits per heavy atom. The molecule has 6 nitrogen and oxygen atoms in total. The van der Waals surface area contributed by atoms with Gasteiger partial charge in [0.25, 0.3) is 0 Å². The molecule has 0 N–H and O–H groups in total. The number of carbonyl (C=O) groups excluding carboxylic acids is 1. The molecule has 0 saturated carbocycles. The van der Waals surface area contributed by atoms with Gasteiger partial charge in [-0.2, -0.15) is 0 Å². The molecular formula is C27H27N3O3. The average Bonchev–Trinajstić information content (AvgIpc) is 3.19. The molecule has 2 aliphatic rings. The number of nitrogens with zero attached hydrogens (tertiary/aromatic N) is 3. The van der Waals surface area contributed by atoms with Gasteiger partial charge in [-0.05, 0) is 48.4 Å². The zero-order chi connectivity index (χ0) is 22.6. The van der Waals surface area contributed by atoms with E-state index >= 15 is 0 Å². The SMILES string of the molecule is COc1ccc(CC(=O)N2CCCN(C3=Nc4ccccc4Oc4ccccc43)CC2)cc1. The maximum Gasteiger partial charge on any atom is 0.227 e. The standard InChI is InChI=1S/C27H27N3O3/c1-32-21-13-11-20(12-14-21)19-26(31)29-15-6-16-30(18-17-29)27-22-7-2-4-9-24(22)33-25-10-5-3-8-23(25)28-27/h2-5,7-14H,6,15-19H2,1H3. The predicted octanol–water partition coefficient (Wildman–Crippen LogP) is 4.66. The normalized spacial score (nSPS) is 15.4. The summed E-state index contributed by atoms with van der Waals surface area (Å²) in [5.41, 5.74) is 2.80. The minimum atomic E-state index is 0.152. The highest BCUT2D eigenvalue weighted by molar-refractivity contribution is 6.03. The highest BCUT2D eigenvalue weighted by Crippen LogP contribution is 2.37. The van der Waals surface area contributed by atoms with Gasteiger partial charge in [-0.1, -0.05) is 36.4 Å². The number of para-hydroxylation sites is 3. The number of rotatable bonds is 3. The molecular weight excluding hydrogens is 414 g/mol. The fourth-order valence-electron chi connectivity index (χ4n) is 4.32. The van der Waals surface area contributed by atoms with Crippen molar-refractivity contribution in [2.45, 2.75) is 12.8 Å². The molecule has 3 aromatic rings. The molecule has 0 spiro atoms. The highest BCUT2D eigenvalue weighted by Gasteiger charge is 2.25. The molecule has 3 aromatic carbocycles. The van der Waals surface area contributed by atoms with E-state index in [1.54, 1.807) is 7.11 Å². The number of benzene rings is 3. The van der Waals surface area contributed by atoms with Gasteiger partial charge in [-0.3, -0.25) is 4.79 Å². The third-order valence-electron chi connectivity index (χ3n) is 6.10. The van der Waals surface area contributed by atoms with E-state index in [0.717, 1.165) is 66.0 Å². The van der Waals surface area contributed by atoms with Crippen LogP contribution < -0.4 is 9.47 Å². The van der Waals surface area contributed by atoms with Gasteiger partial charge >= 0.3 is 0 Å². The summed E-state index contributed by atoms with van der Waals surface area (Å²) < 4.78 is 11.4. The number of fused-ring (bicyclic) bond motifs is 2. The van der Waals surface area contributed by atoms with E-state index < -0.39 is 0 Å². The van der Waals surface area contributed by atoms with Gasteiger partial charge in [0.05, 0.1) is 19.1 Å². The topological polar surface area (TPSA) is 54.4 Å². The first-order chi connectivity index (χ1) is 16.2. The average molecular weight is 442 g/mol. The van der Waals surface area contributed by atoms with Crippen LogP contribution in [0.4, 0.5) is 5.69 Å². The summed E-state index contributed by atoms with van der Waals surface area (Å²) in [6.45, 7) is 2.97. The number of ether oxygens (including phenoxy) is 2. The van der Waals surface area contributed by atoms with Crippen molar-refractivity contribution in [1.82, 2.24) is 9.80 Å². The molecule has 6 heteroatoms. The smallest absolute Gasteiger partial charge is 0.227 e. The molecule has 1 fully saturated rings. The van der Waals surface area contributed by atoms with Crippen LogP contribution in [0.3, 0.4) is 0 Å². The molecule has 168 valence electrons. The fourth-order valence-corrected chi connectivity index (χ4v) is 4.32. The second-order valence-corrected chi connectivity index (χ2v) is 8.25. The van der Waals surface area contributed by atoms with Gasteiger partial charge in [0.15, 0.2) is 5.75 Å². The van der Waals surface area contributed by atoms with Crippen LogP contribution in [0.5, 0.6) is 17.2 Å². The number of hydrogen-bond acceptors (Lipinski definition) is 5. The molecule has 1 saturated heterocycles. The Hall–Kier alpha value is -3.80. The largest absolute Gasteiger partial charge is 0.497 e. The lowest BCUT2D eigenvalue weighted by Crippen LogP contribution is -2.38. The number of methoxy groups -OCH3 is 1. The minimum Gasteiger partial charge on any atom is -0.497 e. The summed E-state index contributed by atoms with van der Waals surface area (Å²) in [6.07, 6.45) is 1.28. The summed E-state index contributed by atoms with van der Waals surface area (Å²) in [6, 6.07) is 23.6. The monoisotopic (exact) mass is 441 g/mol. The molecule has 2 heterocycles. The minimum absolute atomic E-state index is 0.152. The fraction of sp³-hybridized carbons (Fsp3) is 0.259. The molecule has 0 atom stereocenters. The van der Waals surface area contributed by atoms with Gasteiger partial charge < -0.3 is 19.3 Å². The first kappa shape index (κ1) is 21.1. The van der Waals surface area contributed by atoms with Crippen LogP contribution in [-0.2, 0) is 11.2 Å². The number of aliphatic imine (C=N–C) groups is 1. The zero-order valence-corrected chi connectivity index (χ0v) is 18.7. The van der Waals surface area contributed by atoms with Gasteiger partial charge in [0.1, 0.15) is 23.0 Å². The summed E-state index contributed by atoms with van der Waals surface area (Å²) in [7, 11) is 1.64. The number of amides is 1. The van der Waals surface area contributed by atoms with Crippen LogP contribution in [0, 0.1) is 0 Å². The summed E-state index contributed by atoms with van der Waals surface area (Å²) >= 11 is 0. The van der Waals surface area contributed by atoms with Crippen LogP contribution in [0.2, 0.25) is 0 Å². The van der Waals surface area contributed by atoms with Gasteiger partial charge in [-0.15, -0.1) is 0 Å². The molecule has 2 aliphatic heterocycles. The maximum absolute atomic E-state index is 13.0. The van der Waals surface area contributed by atoms with E-state index in [-0.39, 0.29) is 5.91 Å². The quantitative estimate of drug-likeness (QED) is 0.593. The van der Waals surface area contributed by atoms with Gasteiger partial charge in [0, 0.05) is 26.2 Å². The van der Waals surface area contributed by atoms with Crippen LogP contribution in [0.15, 0.2) is 77.8 Å². The predicted molar refractivity (Wildman–Crippen MR) is 129 cm³/mol. The second kappa shape index (κ2) is 9.36. The third kappa shape index (κ3) is 4.55. The lowest BCUT2D eigenvalue weighted by molar-refractivity contribution is -0.130. The summed E-state index contributed by atoms with van der Waals surface area (Å²) in [5, 5.41) is 0. The molecule has 5 rings (SSSR count). The van der Waals surface area contributed by atoms with Gasteiger partial charge in [-0.25, -0.2) is 4.99 Å². The molecule has 0 aromatic heterocycles. The van der Waals surface area contributed by atoms with Crippen molar-refractivity contribution in [3.63, 3.8) is 0 Å². The Morgan fingerprint density at radius 2 is 1.67 bits per heavy atom. The first-order valence-electron chi connectivity index (χ1n) is 11.3. The highest BCUT2D eigenvalue weighted by atomic mass is 16.5. The molecule has 0 radical (unpaired) electrons. The maximum atomic E-state index is 13.0. The zero-order valence-electron chi connectivity index (χ0n) is 18.7. The first-order valence-corrected chi connectivity index (χ1v) is 11.3. The van der Waals surface area contributed by atoms with E-state index in [2.05, 4.69) is 11.0 Å². The molecule has 0 bridgehead atoms. The van der Waals surface area contributed by atoms with E-state index in [9.17, 15) is 4.79 Å². The van der Waals surface area contributed by atoms with E-state index in [1.165, 1.54) is 0 Å². The lowest BCUT2D eigenvalue weighted by atomic mass is 10.1. The van der Waals surface area contributed by atoms with Crippen LogP contribution in [-0.4, -0.2) is 54.8 Å². The Bertz CT molecular complexity index is 1170.